The van der Waals surface area contributed by atoms with Crippen LogP contribution in [0.3, 0.4) is 0 Å². The average molecular weight is 442 g/mol. The third kappa shape index (κ3) is 7.40. The zero-order valence-electron chi connectivity index (χ0n) is 14.5. The Labute approximate surface area is 176 Å². The molecule has 10 heteroatoms. The van der Waals surface area contributed by atoms with Crippen LogP contribution in [0.2, 0.25) is 5.02 Å². The molecule has 1 unspecified atom stereocenters. The summed E-state index contributed by atoms with van der Waals surface area (Å²) in [5.74, 6) is 0.430. The van der Waals surface area contributed by atoms with Crippen LogP contribution in [-0.4, -0.2) is 25.8 Å². The van der Waals surface area contributed by atoms with Gasteiger partial charge in [-0.05, 0) is 29.8 Å². The van der Waals surface area contributed by atoms with Crippen molar-refractivity contribution in [3.8, 4) is 0 Å². The monoisotopic (exact) mass is 441 g/mol. The number of benzene rings is 2. The summed E-state index contributed by atoms with van der Waals surface area (Å²) in [6.07, 6.45) is 5.65. The van der Waals surface area contributed by atoms with E-state index in [4.69, 9.17) is 43.3 Å². The number of hydrogen-bond donors (Lipinski definition) is 1. The fourth-order valence-electron chi connectivity index (χ4n) is 2.23. The van der Waals surface area contributed by atoms with Gasteiger partial charge in [-0.3, -0.25) is 4.57 Å². The number of nitrogens with zero attached hydrogens (tertiary/aromatic N) is 3. The fraction of sp³-hybridized carbons (Fsp3) is 0.167. The Kier molecular flexibility index (Phi) is 8.59. The van der Waals surface area contributed by atoms with E-state index in [0.29, 0.717) is 17.4 Å². The van der Waals surface area contributed by atoms with Crippen LogP contribution in [-0.2, 0) is 16.3 Å². The lowest BCUT2D eigenvalue weighted by Gasteiger charge is -2.28. The van der Waals surface area contributed by atoms with Crippen LogP contribution in [0.25, 0.3) is 0 Å². The van der Waals surface area contributed by atoms with Gasteiger partial charge in [0.05, 0.1) is 6.33 Å². The first kappa shape index (κ1) is 22.0. The molecule has 0 saturated carbocycles. The summed E-state index contributed by atoms with van der Waals surface area (Å²) in [6.45, 7) is 0. The largest absolute Gasteiger partial charge is 0.330 e. The molecule has 0 saturated heterocycles. The van der Waals surface area contributed by atoms with Crippen molar-refractivity contribution in [3.05, 3.63) is 94.0 Å². The van der Waals surface area contributed by atoms with Crippen LogP contribution in [0.5, 0.6) is 0 Å². The lowest BCUT2D eigenvalue weighted by Crippen LogP contribution is -2.32. The Hall–Kier alpha value is -2.26. The summed E-state index contributed by atoms with van der Waals surface area (Å²) in [5.41, 5.74) is 1.04. The van der Waals surface area contributed by atoms with Gasteiger partial charge < -0.3 is 9.94 Å². The molecule has 3 rings (SSSR count). The van der Waals surface area contributed by atoms with Gasteiger partial charge in [0.1, 0.15) is 5.94 Å². The average Bonchev–Trinajstić information content (AvgIpc) is 3.20. The molecular weight excluding hydrogens is 425 g/mol. The second kappa shape index (κ2) is 10.9. The van der Waals surface area contributed by atoms with E-state index in [1.54, 1.807) is 35.0 Å². The maximum absolute atomic E-state index is 8.36. The summed E-state index contributed by atoms with van der Waals surface area (Å²) >= 11 is 14.3. The number of imidazole rings is 1. The molecule has 28 heavy (non-hydrogen) atoms. The van der Waals surface area contributed by atoms with E-state index in [-0.39, 0.29) is 0 Å². The second-order valence-corrected chi connectivity index (χ2v) is 7.44. The Morgan fingerprint density at radius 1 is 1.21 bits per heavy atom. The van der Waals surface area contributed by atoms with Crippen LogP contribution in [0.1, 0.15) is 5.56 Å². The number of thioether (sulfide) groups is 1. The molecular formula is C18H17Cl2N3O4S. The maximum atomic E-state index is 8.36. The van der Waals surface area contributed by atoms with Gasteiger partial charge in [-0.25, -0.2) is 4.98 Å². The van der Waals surface area contributed by atoms with E-state index in [0.717, 1.165) is 10.5 Å². The van der Waals surface area contributed by atoms with Crippen molar-refractivity contribution in [1.29, 1.82) is 0 Å². The third-order valence-corrected chi connectivity index (χ3v) is 5.01. The highest BCUT2D eigenvalue weighted by molar-refractivity contribution is 7.99. The van der Waals surface area contributed by atoms with E-state index in [9.17, 15) is 0 Å². The fourth-order valence-corrected chi connectivity index (χ4v) is 3.47. The highest BCUT2D eigenvalue weighted by atomic mass is 35.5. The minimum atomic E-state index is -1.50. The van der Waals surface area contributed by atoms with E-state index >= 15 is 0 Å². The predicted octanol–water partition coefficient (Wildman–Crippen LogP) is 5.05. The number of aromatic nitrogens is 2. The Morgan fingerprint density at radius 3 is 2.43 bits per heavy atom. The molecule has 0 fully saturated rings. The number of alkyl halides is 1. The molecule has 0 radical (unpaired) electrons. The molecule has 0 aliphatic rings. The molecule has 148 valence electrons. The van der Waals surface area contributed by atoms with Gasteiger partial charge >= 0.3 is 0 Å². The number of halogens is 2. The van der Waals surface area contributed by atoms with Gasteiger partial charge in [0.25, 0.3) is 5.09 Å². The molecule has 3 aromatic rings. The molecule has 0 bridgehead atoms. The minimum absolute atomic E-state index is 0.430. The SMILES string of the molecule is Clc1ccc(CC(Cl)(OCSc2ccccc2)n2ccnc2)cc1.O=[N+]([O-])O. The standard InChI is InChI=1S/C18H16Cl2N2OS.HNO3/c19-16-8-6-15(7-9-16)12-18(20,22-11-10-21-13-22)23-14-24-17-4-2-1-3-5-17;2-1(3)4/h1-11,13H,12,14H2;(H,2,3,4). The van der Waals surface area contributed by atoms with Gasteiger partial charge in [-0.15, -0.1) is 10.1 Å². The first-order valence-electron chi connectivity index (χ1n) is 7.96. The highest BCUT2D eigenvalue weighted by Crippen LogP contribution is 2.31. The lowest BCUT2D eigenvalue weighted by molar-refractivity contribution is -0.742. The Morgan fingerprint density at radius 2 is 1.86 bits per heavy atom. The quantitative estimate of drug-likeness (QED) is 0.181. The molecule has 2 aromatic carbocycles. The summed E-state index contributed by atoms with van der Waals surface area (Å²) in [6, 6.07) is 17.7. The van der Waals surface area contributed by atoms with E-state index in [1.807, 2.05) is 54.6 Å². The van der Waals surface area contributed by atoms with Crippen molar-refractivity contribution < 1.29 is 15.0 Å². The van der Waals surface area contributed by atoms with Gasteiger partial charge in [0, 0.05) is 28.7 Å². The van der Waals surface area contributed by atoms with Crippen molar-refractivity contribution >= 4 is 35.0 Å². The van der Waals surface area contributed by atoms with Gasteiger partial charge in [-0.1, -0.05) is 65.3 Å². The van der Waals surface area contributed by atoms with Crippen LogP contribution in [0.15, 0.2) is 78.2 Å². The maximum Gasteiger partial charge on any atom is 0.291 e. The van der Waals surface area contributed by atoms with Crippen molar-refractivity contribution in [2.45, 2.75) is 16.5 Å². The van der Waals surface area contributed by atoms with Crippen molar-refractivity contribution in [3.63, 3.8) is 0 Å². The minimum Gasteiger partial charge on any atom is -0.330 e. The van der Waals surface area contributed by atoms with Gasteiger partial charge in [-0.2, -0.15) is 0 Å². The van der Waals surface area contributed by atoms with Crippen LogP contribution < -0.4 is 0 Å². The molecule has 1 atom stereocenters. The smallest absolute Gasteiger partial charge is 0.291 e. The molecule has 1 aromatic heterocycles. The first-order chi connectivity index (χ1) is 13.4. The highest BCUT2D eigenvalue weighted by Gasteiger charge is 2.30. The molecule has 1 N–H and O–H groups in total. The van der Waals surface area contributed by atoms with Crippen molar-refractivity contribution in [2.24, 2.45) is 0 Å². The Bertz CT molecular complexity index is 847. The molecule has 7 nitrogen and oxygen atoms in total. The van der Waals surface area contributed by atoms with E-state index in [1.165, 1.54) is 0 Å². The number of ether oxygens (including phenoxy) is 1. The van der Waals surface area contributed by atoms with Gasteiger partial charge in [0.2, 0.25) is 5.18 Å². The lowest BCUT2D eigenvalue weighted by atomic mass is 10.1. The molecule has 0 spiro atoms. The topological polar surface area (TPSA) is 90.4 Å². The van der Waals surface area contributed by atoms with Crippen LogP contribution in [0.4, 0.5) is 0 Å². The van der Waals surface area contributed by atoms with E-state index in [2.05, 4.69) is 4.98 Å². The van der Waals surface area contributed by atoms with Crippen molar-refractivity contribution in [1.82, 2.24) is 9.55 Å². The van der Waals surface area contributed by atoms with Crippen LogP contribution >= 0.6 is 35.0 Å². The predicted molar refractivity (Wildman–Crippen MR) is 108 cm³/mol. The first-order valence-corrected chi connectivity index (χ1v) is 9.70. The van der Waals surface area contributed by atoms with Crippen molar-refractivity contribution in [2.75, 3.05) is 5.94 Å². The summed E-state index contributed by atoms with van der Waals surface area (Å²) < 4.78 is 7.80. The second-order valence-electron chi connectivity index (χ2n) is 5.42. The molecule has 0 amide bonds. The van der Waals surface area contributed by atoms with E-state index < -0.39 is 10.3 Å². The van der Waals surface area contributed by atoms with Gasteiger partial charge in [0.15, 0.2) is 0 Å². The normalized spacial score (nSPS) is 12.5. The van der Waals surface area contributed by atoms with Crippen LogP contribution in [0, 0.1) is 10.1 Å². The summed E-state index contributed by atoms with van der Waals surface area (Å²) in [4.78, 5) is 13.6. The molecule has 0 aliphatic carbocycles. The molecule has 1 heterocycles. The number of hydrogen-bond acceptors (Lipinski definition) is 5. The third-order valence-electron chi connectivity index (χ3n) is 3.47. The zero-order chi connectivity index (χ0) is 20.4. The summed E-state index contributed by atoms with van der Waals surface area (Å²) in [7, 11) is 0. The number of rotatable bonds is 7. The Balaban J connectivity index is 0.000000640. The zero-order valence-corrected chi connectivity index (χ0v) is 16.8. The molecule has 0 aliphatic heterocycles. The summed E-state index contributed by atoms with van der Waals surface area (Å²) in [5, 5.41) is 13.3.